The molecule has 3 rings (SSSR count). The van der Waals surface area contributed by atoms with Crippen LogP contribution in [0, 0.1) is 0 Å². The number of imide groups is 1. The lowest BCUT2D eigenvalue weighted by molar-refractivity contribution is -0.138. The maximum atomic E-state index is 11.8. The molecule has 0 aromatic carbocycles. The Hall–Kier alpha value is -1.66. The van der Waals surface area contributed by atoms with Gasteiger partial charge in [0.15, 0.2) is 0 Å². The molecule has 0 spiro atoms. The molecule has 0 saturated carbocycles. The lowest BCUT2D eigenvalue weighted by atomic mass is 10.0. The number of nitrogens with zero attached hydrogens (tertiary/aromatic N) is 2. The summed E-state index contributed by atoms with van der Waals surface area (Å²) in [7, 11) is 0. The molecule has 0 unspecified atom stereocenters. The molecule has 2 saturated heterocycles. The lowest BCUT2D eigenvalue weighted by Gasteiger charge is -2.32. The maximum Gasteiger partial charge on any atom is 0.229 e. The standard InChI is InChI=1S/C18H26N2O4/c21-15(16-6-4-12-24-16)13-14-5-2-1-3-9-19(14)10-11-20-17(22)7-8-18(20)23/h4,6,12,14-15,21H,1-3,5,7-11,13H2/t14-,15-/m1/s1. The summed E-state index contributed by atoms with van der Waals surface area (Å²) in [5.41, 5.74) is 0. The molecule has 0 bridgehead atoms. The van der Waals surface area contributed by atoms with E-state index in [1.807, 2.05) is 0 Å². The van der Waals surface area contributed by atoms with Crippen LogP contribution in [-0.2, 0) is 9.59 Å². The first-order valence-corrected chi connectivity index (χ1v) is 8.94. The van der Waals surface area contributed by atoms with Gasteiger partial charge in [0, 0.05) is 32.0 Å². The van der Waals surface area contributed by atoms with E-state index in [4.69, 9.17) is 4.42 Å². The Kier molecular flexibility index (Phi) is 5.68. The third kappa shape index (κ3) is 4.05. The molecule has 1 aromatic heterocycles. The van der Waals surface area contributed by atoms with Gasteiger partial charge in [0.1, 0.15) is 11.9 Å². The largest absolute Gasteiger partial charge is 0.467 e. The molecule has 6 heteroatoms. The number of rotatable bonds is 6. The summed E-state index contributed by atoms with van der Waals surface area (Å²) >= 11 is 0. The Morgan fingerprint density at radius 3 is 2.67 bits per heavy atom. The van der Waals surface area contributed by atoms with E-state index in [1.165, 1.54) is 11.3 Å². The molecule has 2 aliphatic heterocycles. The van der Waals surface area contributed by atoms with Gasteiger partial charge in [-0.25, -0.2) is 0 Å². The van der Waals surface area contributed by atoms with Crippen LogP contribution in [-0.4, -0.2) is 52.4 Å². The van der Waals surface area contributed by atoms with Crippen molar-refractivity contribution in [1.29, 1.82) is 0 Å². The summed E-state index contributed by atoms with van der Waals surface area (Å²) in [6.07, 6.45) is 6.76. The Morgan fingerprint density at radius 2 is 1.96 bits per heavy atom. The molecule has 2 aliphatic rings. The molecule has 2 fully saturated rings. The van der Waals surface area contributed by atoms with Crippen LogP contribution < -0.4 is 0 Å². The predicted octanol–water partition coefficient (Wildman–Crippen LogP) is 2.10. The molecule has 6 nitrogen and oxygen atoms in total. The lowest BCUT2D eigenvalue weighted by Crippen LogP contribution is -2.43. The van der Waals surface area contributed by atoms with E-state index in [-0.39, 0.29) is 17.9 Å². The molecule has 3 heterocycles. The third-order valence-corrected chi connectivity index (χ3v) is 5.13. The Labute approximate surface area is 142 Å². The Bertz CT molecular complexity index is 541. The summed E-state index contributed by atoms with van der Waals surface area (Å²) in [5, 5.41) is 10.4. The number of carbonyl (C=O) groups is 2. The van der Waals surface area contributed by atoms with Gasteiger partial charge in [-0.3, -0.25) is 19.4 Å². The van der Waals surface area contributed by atoms with Gasteiger partial charge < -0.3 is 9.52 Å². The Balaban J connectivity index is 1.59. The number of aliphatic hydroxyl groups is 1. The highest BCUT2D eigenvalue weighted by Gasteiger charge is 2.30. The van der Waals surface area contributed by atoms with Gasteiger partial charge >= 0.3 is 0 Å². The number of carbonyl (C=O) groups excluding carboxylic acids is 2. The van der Waals surface area contributed by atoms with Crippen LogP contribution in [0.15, 0.2) is 22.8 Å². The normalized spacial score (nSPS) is 24.4. The van der Waals surface area contributed by atoms with E-state index < -0.39 is 6.10 Å². The zero-order valence-electron chi connectivity index (χ0n) is 14.0. The molecule has 1 N–H and O–H groups in total. The van der Waals surface area contributed by atoms with Crippen molar-refractivity contribution in [3.05, 3.63) is 24.2 Å². The number of aliphatic hydroxyl groups excluding tert-OH is 1. The molecule has 24 heavy (non-hydrogen) atoms. The molecule has 132 valence electrons. The van der Waals surface area contributed by atoms with Crippen molar-refractivity contribution in [2.24, 2.45) is 0 Å². The molecule has 2 atom stereocenters. The van der Waals surface area contributed by atoms with E-state index >= 15 is 0 Å². The average molecular weight is 334 g/mol. The number of hydrogen-bond donors (Lipinski definition) is 1. The second kappa shape index (κ2) is 7.94. The monoisotopic (exact) mass is 334 g/mol. The number of amides is 2. The summed E-state index contributed by atoms with van der Waals surface area (Å²) in [5.74, 6) is 0.494. The quantitative estimate of drug-likeness (QED) is 0.807. The second-order valence-electron chi connectivity index (χ2n) is 6.75. The van der Waals surface area contributed by atoms with Crippen LogP contribution in [0.2, 0.25) is 0 Å². The number of furan rings is 1. The van der Waals surface area contributed by atoms with Crippen LogP contribution in [0.5, 0.6) is 0 Å². The zero-order valence-corrected chi connectivity index (χ0v) is 14.0. The van der Waals surface area contributed by atoms with Crippen molar-refractivity contribution < 1.29 is 19.1 Å². The van der Waals surface area contributed by atoms with Crippen molar-refractivity contribution in [1.82, 2.24) is 9.80 Å². The van der Waals surface area contributed by atoms with Crippen LogP contribution in [0.25, 0.3) is 0 Å². The summed E-state index contributed by atoms with van der Waals surface area (Å²) in [6.45, 7) is 2.10. The van der Waals surface area contributed by atoms with Gasteiger partial charge in [-0.15, -0.1) is 0 Å². The highest BCUT2D eigenvalue weighted by Crippen LogP contribution is 2.26. The maximum absolute atomic E-state index is 11.8. The van der Waals surface area contributed by atoms with Gasteiger partial charge in [0.2, 0.25) is 11.8 Å². The van der Waals surface area contributed by atoms with Gasteiger partial charge in [-0.1, -0.05) is 12.8 Å². The van der Waals surface area contributed by atoms with E-state index in [2.05, 4.69) is 4.90 Å². The Morgan fingerprint density at radius 1 is 1.17 bits per heavy atom. The van der Waals surface area contributed by atoms with Crippen molar-refractivity contribution in [2.75, 3.05) is 19.6 Å². The third-order valence-electron chi connectivity index (χ3n) is 5.13. The van der Waals surface area contributed by atoms with Crippen molar-refractivity contribution in [3.8, 4) is 0 Å². The first-order chi connectivity index (χ1) is 11.6. The molecule has 2 amide bonds. The van der Waals surface area contributed by atoms with Gasteiger partial charge in [-0.05, 0) is 37.9 Å². The highest BCUT2D eigenvalue weighted by atomic mass is 16.4. The number of hydrogen-bond acceptors (Lipinski definition) is 5. The fourth-order valence-corrected chi connectivity index (χ4v) is 3.75. The van der Waals surface area contributed by atoms with E-state index in [0.29, 0.717) is 38.1 Å². The highest BCUT2D eigenvalue weighted by molar-refractivity contribution is 6.01. The van der Waals surface area contributed by atoms with Crippen LogP contribution in [0.1, 0.15) is 56.8 Å². The predicted molar refractivity (Wildman–Crippen MR) is 88.1 cm³/mol. The molecular weight excluding hydrogens is 308 g/mol. The summed E-state index contributed by atoms with van der Waals surface area (Å²) in [6, 6.07) is 3.83. The average Bonchev–Trinajstić information content (AvgIpc) is 3.15. The minimum absolute atomic E-state index is 0.0537. The van der Waals surface area contributed by atoms with Crippen LogP contribution in [0.3, 0.4) is 0 Å². The van der Waals surface area contributed by atoms with Gasteiger partial charge in [0.25, 0.3) is 0 Å². The zero-order chi connectivity index (χ0) is 16.9. The molecular formula is C18H26N2O4. The van der Waals surface area contributed by atoms with E-state index in [1.54, 1.807) is 18.4 Å². The topological polar surface area (TPSA) is 74.0 Å². The van der Waals surface area contributed by atoms with E-state index in [9.17, 15) is 14.7 Å². The summed E-state index contributed by atoms with van der Waals surface area (Å²) < 4.78 is 5.31. The fraction of sp³-hybridized carbons (Fsp3) is 0.667. The molecule has 1 aromatic rings. The van der Waals surface area contributed by atoms with Gasteiger partial charge in [0.05, 0.1) is 6.26 Å². The summed E-state index contributed by atoms with van der Waals surface area (Å²) in [4.78, 5) is 27.3. The smallest absolute Gasteiger partial charge is 0.229 e. The minimum Gasteiger partial charge on any atom is -0.467 e. The van der Waals surface area contributed by atoms with Crippen LogP contribution in [0.4, 0.5) is 0 Å². The molecule has 0 radical (unpaired) electrons. The van der Waals surface area contributed by atoms with Gasteiger partial charge in [-0.2, -0.15) is 0 Å². The van der Waals surface area contributed by atoms with Crippen molar-refractivity contribution >= 4 is 11.8 Å². The van der Waals surface area contributed by atoms with E-state index in [0.717, 1.165) is 25.8 Å². The first kappa shape index (κ1) is 17.2. The van der Waals surface area contributed by atoms with Crippen LogP contribution >= 0.6 is 0 Å². The minimum atomic E-state index is -0.611. The van der Waals surface area contributed by atoms with Crippen molar-refractivity contribution in [2.45, 2.75) is 57.1 Å². The van der Waals surface area contributed by atoms with Crippen molar-refractivity contribution in [3.63, 3.8) is 0 Å². The SMILES string of the molecule is O=C1CCC(=O)N1CCN1CCCCC[C@@H]1C[C@@H](O)c1ccco1. The first-order valence-electron chi connectivity index (χ1n) is 8.94. The molecule has 0 aliphatic carbocycles. The number of likely N-dealkylation sites (tertiary alicyclic amines) is 2. The fourth-order valence-electron chi connectivity index (χ4n) is 3.75. The second-order valence-corrected chi connectivity index (χ2v) is 6.75.